The lowest BCUT2D eigenvalue weighted by Crippen LogP contribution is -2.09. The van der Waals surface area contributed by atoms with E-state index < -0.39 is 0 Å². The third-order valence-electron chi connectivity index (χ3n) is 2.50. The minimum Gasteiger partial charge on any atom is -0.465 e. The van der Waals surface area contributed by atoms with Crippen LogP contribution >= 0.6 is 15.9 Å². The van der Waals surface area contributed by atoms with Crippen molar-refractivity contribution >= 4 is 21.9 Å². The quantitative estimate of drug-likeness (QED) is 0.784. The molecule has 1 rings (SSSR count). The van der Waals surface area contributed by atoms with Gasteiger partial charge in [0.25, 0.3) is 0 Å². The van der Waals surface area contributed by atoms with Crippen LogP contribution in [0.5, 0.6) is 0 Å². The van der Waals surface area contributed by atoms with Gasteiger partial charge in [0, 0.05) is 18.2 Å². The molecule has 0 aromatic heterocycles. The van der Waals surface area contributed by atoms with Crippen LogP contribution < -0.4 is 0 Å². The average Bonchev–Trinajstić information content (AvgIpc) is 2.31. The van der Waals surface area contributed by atoms with Gasteiger partial charge >= 0.3 is 5.97 Å². The summed E-state index contributed by atoms with van der Waals surface area (Å²) in [6, 6.07) is 5.62. The fraction of sp³-hybridized carbons (Fsp3) is 0.462. The van der Waals surface area contributed by atoms with Crippen molar-refractivity contribution in [3.05, 3.63) is 33.8 Å². The number of carbonyl (C=O) groups excluding carboxylic acids is 1. The van der Waals surface area contributed by atoms with Crippen molar-refractivity contribution in [1.82, 2.24) is 0 Å². The maximum absolute atomic E-state index is 11.5. The zero-order chi connectivity index (χ0) is 12.8. The van der Waals surface area contributed by atoms with Crippen LogP contribution in [0.2, 0.25) is 0 Å². The van der Waals surface area contributed by atoms with Gasteiger partial charge in [-0.2, -0.15) is 0 Å². The summed E-state index contributed by atoms with van der Waals surface area (Å²) in [5.74, 6) is 0.0855. The van der Waals surface area contributed by atoms with Crippen molar-refractivity contribution in [3.8, 4) is 0 Å². The van der Waals surface area contributed by atoms with E-state index in [0.717, 1.165) is 16.5 Å². The van der Waals surface area contributed by atoms with E-state index in [2.05, 4.69) is 22.9 Å². The van der Waals surface area contributed by atoms with Crippen molar-refractivity contribution in [1.29, 1.82) is 0 Å². The predicted octanol–water partition coefficient (Wildman–Crippen LogP) is 3.06. The number of rotatable bonds is 5. The van der Waals surface area contributed by atoms with Crippen LogP contribution in [0.4, 0.5) is 0 Å². The number of hydrogen-bond acceptors (Lipinski definition) is 3. The largest absolute Gasteiger partial charge is 0.465 e. The van der Waals surface area contributed by atoms with Gasteiger partial charge in [-0.15, -0.1) is 0 Å². The van der Waals surface area contributed by atoms with Gasteiger partial charge in [-0.1, -0.05) is 19.1 Å². The monoisotopic (exact) mass is 300 g/mol. The lowest BCUT2D eigenvalue weighted by atomic mass is 10.00. The normalized spacial score (nSPS) is 12.2. The zero-order valence-electron chi connectivity index (χ0n) is 10.3. The lowest BCUT2D eigenvalue weighted by Gasteiger charge is -2.13. The van der Waals surface area contributed by atoms with Gasteiger partial charge in [0.1, 0.15) is 0 Å². The summed E-state index contributed by atoms with van der Waals surface area (Å²) < 4.78 is 10.7. The molecule has 0 radical (unpaired) electrons. The molecule has 0 aliphatic carbocycles. The Balaban J connectivity index is 2.90. The van der Waals surface area contributed by atoms with Crippen molar-refractivity contribution in [2.45, 2.75) is 13.3 Å². The highest BCUT2D eigenvalue weighted by Gasteiger charge is 2.14. The maximum atomic E-state index is 11.5. The molecule has 17 heavy (non-hydrogen) atoms. The van der Waals surface area contributed by atoms with E-state index in [1.54, 1.807) is 13.2 Å². The molecule has 0 bridgehead atoms. The second-order valence-electron chi connectivity index (χ2n) is 4.03. The Morgan fingerprint density at radius 1 is 1.41 bits per heavy atom. The molecule has 94 valence electrons. The Hall–Kier alpha value is -0.870. The fourth-order valence-electron chi connectivity index (χ4n) is 1.72. The van der Waals surface area contributed by atoms with Crippen LogP contribution in [0.15, 0.2) is 22.7 Å². The van der Waals surface area contributed by atoms with Gasteiger partial charge in [0.05, 0.1) is 12.7 Å². The van der Waals surface area contributed by atoms with E-state index in [9.17, 15) is 4.79 Å². The number of halogens is 1. The molecule has 0 saturated heterocycles. The Morgan fingerprint density at radius 3 is 2.71 bits per heavy atom. The van der Waals surface area contributed by atoms with Crippen LogP contribution in [0.25, 0.3) is 0 Å². The maximum Gasteiger partial charge on any atom is 0.339 e. The van der Waals surface area contributed by atoms with Crippen molar-refractivity contribution in [2.75, 3.05) is 20.8 Å². The van der Waals surface area contributed by atoms with E-state index in [-0.39, 0.29) is 5.97 Å². The average molecular weight is 301 g/mol. The number of benzene rings is 1. The van der Waals surface area contributed by atoms with E-state index in [4.69, 9.17) is 9.47 Å². The minimum absolute atomic E-state index is 0.321. The van der Waals surface area contributed by atoms with Crippen molar-refractivity contribution in [3.63, 3.8) is 0 Å². The molecule has 0 spiro atoms. The molecule has 3 nitrogen and oxygen atoms in total. The SMILES string of the molecule is COCC(C)Cc1cccc(C(=O)OC)c1Br. The number of hydrogen-bond donors (Lipinski definition) is 0. The summed E-state index contributed by atoms with van der Waals surface area (Å²) in [5.41, 5.74) is 1.66. The summed E-state index contributed by atoms with van der Waals surface area (Å²) in [6.07, 6.45) is 0.860. The number of ether oxygens (including phenoxy) is 2. The van der Waals surface area contributed by atoms with Crippen molar-refractivity contribution in [2.24, 2.45) is 5.92 Å². The summed E-state index contributed by atoms with van der Waals surface area (Å²) >= 11 is 3.46. The van der Waals surface area contributed by atoms with Gasteiger partial charge in [0.2, 0.25) is 0 Å². The Kier molecular flexibility index (Phi) is 5.65. The zero-order valence-corrected chi connectivity index (χ0v) is 11.9. The van der Waals surface area contributed by atoms with Crippen LogP contribution in [0, 0.1) is 5.92 Å². The van der Waals surface area contributed by atoms with Gasteiger partial charge in [-0.3, -0.25) is 0 Å². The molecule has 0 fully saturated rings. The first-order valence-electron chi connectivity index (χ1n) is 5.44. The first-order valence-corrected chi connectivity index (χ1v) is 6.24. The van der Waals surface area contributed by atoms with Gasteiger partial charge < -0.3 is 9.47 Å². The molecule has 0 amide bonds. The molecule has 4 heteroatoms. The Bertz CT molecular complexity index is 390. The number of carbonyl (C=O) groups is 1. The van der Waals surface area contributed by atoms with Gasteiger partial charge in [-0.05, 0) is 39.9 Å². The second kappa shape index (κ2) is 6.77. The second-order valence-corrected chi connectivity index (χ2v) is 4.83. The van der Waals surface area contributed by atoms with E-state index in [0.29, 0.717) is 18.1 Å². The molecule has 0 aliphatic rings. The van der Waals surface area contributed by atoms with Crippen LogP contribution in [0.1, 0.15) is 22.8 Å². The van der Waals surface area contributed by atoms with E-state index >= 15 is 0 Å². The highest BCUT2D eigenvalue weighted by atomic mass is 79.9. The van der Waals surface area contributed by atoms with Gasteiger partial charge in [0.15, 0.2) is 0 Å². The van der Waals surface area contributed by atoms with E-state index in [1.807, 2.05) is 12.1 Å². The third-order valence-corrected chi connectivity index (χ3v) is 3.44. The standard InChI is InChI=1S/C13H17BrO3/c1-9(8-16-2)7-10-5-4-6-11(12(10)14)13(15)17-3/h4-6,9H,7-8H2,1-3H3. The smallest absolute Gasteiger partial charge is 0.339 e. The molecule has 1 aromatic rings. The Labute approximate surface area is 110 Å². The highest BCUT2D eigenvalue weighted by molar-refractivity contribution is 9.10. The molecular weight excluding hydrogens is 284 g/mol. The van der Waals surface area contributed by atoms with Crippen LogP contribution in [0.3, 0.4) is 0 Å². The molecule has 0 aliphatic heterocycles. The molecule has 0 saturated carbocycles. The fourth-order valence-corrected chi connectivity index (χ4v) is 2.31. The molecule has 0 heterocycles. The summed E-state index contributed by atoms with van der Waals surface area (Å²) in [4.78, 5) is 11.5. The van der Waals surface area contributed by atoms with E-state index in [1.165, 1.54) is 7.11 Å². The molecular formula is C13H17BrO3. The predicted molar refractivity (Wildman–Crippen MR) is 70.2 cm³/mol. The molecule has 1 aromatic carbocycles. The number of methoxy groups -OCH3 is 2. The topological polar surface area (TPSA) is 35.5 Å². The molecule has 1 unspecified atom stereocenters. The highest BCUT2D eigenvalue weighted by Crippen LogP contribution is 2.25. The molecule has 0 N–H and O–H groups in total. The minimum atomic E-state index is -0.321. The first kappa shape index (κ1) is 14.2. The summed E-state index contributed by atoms with van der Waals surface area (Å²) in [6.45, 7) is 2.82. The Morgan fingerprint density at radius 2 is 2.12 bits per heavy atom. The summed E-state index contributed by atoms with van der Waals surface area (Å²) in [5, 5.41) is 0. The van der Waals surface area contributed by atoms with Crippen LogP contribution in [-0.4, -0.2) is 26.8 Å². The first-order chi connectivity index (χ1) is 8.10. The lowest BCUT2D eigenvalue weighted by molar-refractivity contribution is 0.0599. The van der Waals surface area contributed by atoms with Gasteiger partial charge in [-0.25, -0.2) is 4.79 Å². The third kappa shape index (κ3) is 3.82. The summed E-state index contributed by atoms with van der Waals surface area (Å²) in [7, 11) is 3.07. The van der Waals surface area contributed by atoms with Crippen LogP contribution in [-0.2, 0) is 15.9 Å². The van der Waals surface area contributed by atoms with Crippen molar-refractivity contribution < 1.29 is 14.3 Å². The number of esters is 1. The molecule has 1 atom stereocenters.